The summed E-state index contributed by atoms with van der Waals surface area (Å²) in [6, 6.07) is 7.83. The van der Waals surface area contributed by atoms with E-state index in [0.717, 1.165) is 17.9 Å². The third-order valence-electron chi connectivity index (χ3n) is 3.68. The van der Waals surface area contributed by atoms with Crippen LogP contribution in [0.15, 0.2) is 24.3 Å². The van der Waals surface area contributed by atoms with Gasteiger partial charge in [-0.2, -0.15) is 0 Å². The largest absolute Gasteiger partial charge is 0.497 e. The van der Waals surface area contributed by atoms with Gasteiger partial charge in [-0.05, 0) is 17.7 Å². The zero-order valence-electron chi connectivity index (χ0n) is 10.2. The Morgan fingerprint density at radius 2 is 2.35 bits per heavy atom. The Kier molecular flexibility index (Phi) is 3.07. The first-order valence-electron chi connectivity index (χ1n) is 5.72. The highest BCUT2D eigenvalue weighted by atomic mass is 16.5. The summed E-state index contributed by atoms with van der Waals surface area (Å²) in [5, 5.41) is 3.24. The zero-order valence-corrected chi connectivity index (χ0v) is 10.2. The van der Waals surface area contributed by atoms with Crippen molar-refractivity contribution in [2.45, 2.75) is 12.3 Å². The number of carbonyl (C=O) groups is 1. The van der Waals surface area contributed by atoms with Crippen molar-refractivity contribution >= 4 is 5.91 Å². The maximum atomic E-state index is 11.5. The lowest BCUT2D eigenvalue weighted by molar-refractivity contribution is -0.122. The van der Waals surface area contributed by atoms with E-state index in [9.17, 15) is 4.79 Å². The number of nitrogens with two attached hydrogens (primary N) is 1. The van der Waals surface area contributed by atoms with Crippen molar-refractivity contribution in [3.8, 4) is 5.75 Å². The molecule has 1 saturated heterocycles. The molecule has 0 aliphatic carbocycles. The number of primary amides is 1. The maximum Gasteiger partial charge on any atom is 0.222 e. The van der Waals surface area contributed by atoms with E-state index in [1.54, 1.807) is 7.11 Å². The molecule has 1 aromatic rings. The van der Waals surface area contributed by atoms with Gasteiger partial charge in [-0.1, -0.05) is 19.1 Å². The van der Waals surface area contributed by atoms with Gasteiger partial charge in [-0.3, -0.25) is 4.79 Å². The molecule has 1 heterocycles. The van der Waals surface area contributed by atoms with Gasteiger partial charge in [-0.15, -0.1) is 0 Å². The van der Waals surface area contributed by atoms with E-state index in [4.69, 9.17) is 10.5 Å². The number of hydrogen-bond donors (Lipinski definition) is 2. The van der Waals surface area contributed by atoms with Crippen LogP contribution in [-0.2, 0) is 10.2 Å². The van der Waals surface area contributed by atoms with Crippen LogP contribution in [0.2, 0.25) is 0 Å². The quantitative estimate of drug-likeness (QED) is 0.807. The molecule has 4 nitrogen and oxygen atoms in total. The average molecular weight is 234 g/mol. The smallest absolute Gasteiger partial charge is 0.222 e. The summed E-state index contributed by atoms with van der Waals surface area (Å²) in [5.41, 5.74) is 6.31. The van der Waals surface area contributed by atoms with E-state index in [2.05, 4.69) is 12.2 Å². The summed E-state index contributed by atoms with van der Waals surface area (Å²) >= 11 is 0. The summed E-state index contributed by atoms with van der Waals surface area (Å²) in [6.45, 7) is 3.47. The van der Waals surface area contributed by atoms with Crippen molar-refractivity contribution in [3.05, 3.63) is 29.8 Å². The number of hydrogen-bond acceptors (Lipinski definition) is 3. The third kappa shape index (κ3) is 2.00. The predicted molar refractivity (Wildman–Crippen MR) is 65.9 cm³/mol. The summed E-state index contributed by atoms with van der Waals surface area (Å²) in [5.74, 6) is 0.383. The van der Waals surface area contributed by atoms with E-state index >= 15 is 0 Å². The highest BCUT2D eigenvalue weighted by molar-refractivity contribution is 5.79. The minimum absolute atomic E-state index is 0.172. The summed E-state index contributed by atoms with van der Waals surface area (Å²) < 4.78 is 5.22. The number of carbonyl (C=O) groups excluding carboxylic acids is 1. The molecule has 0 saturated carbocycles. The molecule has 92 valence electrons. The number of rotatable bonds is 3. The Hall–Kier alpha value is -1.55. The second-order valence-electron chi connectivity index (χ2n) is 4.74. The molecule has 1 aromatic carbocycles. The van der Waals surface area contributed by atoms with Crippen molar-refractivity contribution < 1.29 is 9.53 Å². The summed E-state index contributed by atoms with van der Waals surface area (Å²) in [7, 11) is 1.64. The van der Waals surface area contributed by atoms with Crippen LogP contribution in [0.1, 0.15) is 12.5 Å². The number of benzene rings is 1. The van der Waals surface area contributed by atoms with Crippen molar-refractivity contribution in [2.24, 2.45) is 11.7 Å². The third-order valence-corrected chi connectivity index (χ3v) is 3.68. The molecule has 0 bridgehead atoms. The van der Waals surface area contributed by atoms with Crippen molar-refractivity contribution in [1.29, 1.82) is 0 Å². The van der Waals surface area contributed by atoms with Crippen LogP contribution >= 0.6 is 0 Å². The van der Waals surface area contributed by atoms with Crippen LogP contribution in [0, 0.1) is 5.92 Å². The molecule has 3 N–H and O–H groups in total. The minimum atomic E-state index is -0.250. The maximum absolute atomic E-state index is 11.5. The van der Waals surface area contributed by atoms with Gasteiger partial charge in [-0.25, -0.2) is 0 Å². The van der Waals surface area contributed by atoms with Crippen molar-refractivity contribution in [2.75, 3.05) is 20.2 Å². The van der Waals surface area contributed by atoms with Gasteiger partial charge in [0, 0.05) is 18.5 Å². The van der Waals surface area contributed by atoms with Gasteiger partial charge in [0.05, 0.1) is 13.0 Å². The van der Waals surface area contributed by atoms with E-state index in [-0.39, 0.29) is 17.2 Å². The second kappa shape index (κ2) is 4.37. The SMILES string of the molecule is COc1cccc(C2(C)CNCC2C(N)=O)c1. The van der Waals surface area contributed by atoms with E-state index in [0.29, 0.717) is 6.54 Å². The van der Waals surface area contributed by atoms with E-state index < -0.39 is 0 Å². The lowest BCUT2D eigenvalue weighted by atomic mass is 9.74. The van der Waals surface area contributed by atoms with Gasteiger partial charge < -0.3 is 15.8 Å². The zero-order chi connectivity index (χ0) is 12.5. The van der Waals surface area contributed by atoms with Gasteiger partial charge in [0.2, 0.25) is 5.91 Å². The predicted octanol–water partition coefficient (Wildman–Crippen LogP) is 0.658. The van der Waals surface area contributed by atoms with Crippen LogP contribution in [0.4, 0.5) is 0 Å². The molecule has 1 fully saturated rings. The van der Waals surface area contributed by atoms with Crippen LogP contribution in [0.25, 0.3) is 0 Å². The van der Waals surface area contributed by atoms with Crippen LogP contribution in [0.5, 0.6) is 5.75 Å². The molecule has 2 atom stereocenters. The standard InChI is InChI=1S/C13H18N2O2/c1-13(8-15-7-11(13)12(14)16)9-4-3-5-10(6-9)17-2/h3-6,11,15H,7-8H2,1-2H3,(H2,14,16). The molecule has 1 aliphatic heterocycles. The lowest BCUT2D eigenvalue weighted by Gasteiger charge is -2.29. The first-order chi connectivity index (χ1) is 8.08. The van der Waals surface area contributed by atoms with Crippen LogP contribution < -0.4 is 15.8 Å². The summed E-state index contributed by atoms with van der Waals surface area (Å²) in [6.07, 6.45) is 0. The Balaban J connectivity index is 2.39. The molecule has 0 radical (unpaired) electrons. The molecule has 2 rings (SSSR count). The highest BCUT2D eigenvalue weighted by Crippen LogP contribution is 2.36. The Bertz CT molecular complexity index is 433. The Morgan fingerprint density at radius 1 is 1.59 bits per heavy atom. The van der Waals surface area contributed by atoms with Crippen LogP contribution in [0.3, 0.4) is 0 Å². The fraction of sp³-hybridized carbons (Fsp3) is 0.462. The fourth-order valence-corrected chi connectivity index (χ4v) is 2.52. The molecule has 0 aromatic heterocycles. The Labute approximate surface area is 101 Å². The summed E-state index contributed by atoms with van der Waals surface area (Å²) in [4.78, 5) is 11.5. The molecular formula is C13H18N2O2. The van der Waals surface area contributed by atoms with Gasteiger partial charge in [0.25, 0.3) is 0 Å². The molecule has 0 spiro atoms. The normalized spacial score (nSPS) is 28.0. The molecule has 1 aliphatic rings. The molecule has 17 heavy (non-hydrogen) atoms. The van der Waals surface area contributed by atoms with Gasteiger partial charge >= 0.3 is 0 Å². The second-order valence-corrected chi connectivity index (χ2v) is 4.74. The molecule has 2 unspecified atom stereocenters. The number of nitrogens with one attached hydrogen (secondary N) is 1. The van der Waals surface area contributed by atoms with Crippen molar-refractivity contribution in [3.63, 3.8) is 0 Å². The van der Waals surface area contributed by atoms with E-state index in [1.165, 1.54) is 0 Å². The number of amides is 1. The minimum Gasteiger partial charge on any atom is -0.497 e. The average Bonchev–Trinajstić information content (AvgIpc) is 2.73. The van der Waals surface area contributed by atoms with Crippen molar-refractivity contribution in [1.82, 2.24) is 5.32 Å². The topological polar surface area (TPSA) is 64.3 Å². The molecule has 1 amide bonds. The molecule has 4 heteroatoms. The highest BCUT2D eigenvalue weighted by Gasteiger charge is 2.43. The number of ether oxygens (including phenoxy) is 1. The van der Waals surface area contributed by atoms with Gasteiger partial charge in [0.15, 0.2) is 0 Å². The fourth-order valence-electron chi connectivity index (χ4n) is 2.52. The van der Waals surface area contributed by atoms with E-state index in [1.807, 2.05) is 24.3 Å². The number of methoxy groups -OCH3 is 1. The van der Waals surface area contributed by atoms with Crippen LogP contribution in [-0.4, -0.2) is 26.1 Å². The first kappa shape index (κ1) is 11.9. The Morgan fingerprint density at radius 3 is 3.00 bits per heavy atom. The lowest BCUT2D eigenvalue weighted by Crippen LogP contribution is -2.39. The molecular weight excluding hydrogens is 216 g/mol. The first-order valence-corrected chi connectivity index (χ1v) is 5.72. The monoisotopic (exact) mass is 234 g/mol. The van der Waals surface area contributed by atoms with Gasteiger partial charge in [0.1, 0.15) is 5.75 Å².